The van der Waals surface area contributed by atoms with Crippen molar-refractivity contribution in [3.05, 3.63) is 108 Å². The van der Waals surface area contributed by atoms with E-state index in [0.29, 0.717) is 18.4 Å². The number of carbonyl (C=O) groups excluding carboxylic acids is 5. The van der Waals surface area contributed by atoms with Crippen LogP contribution in [0.25, 0.3) is 10.9 Å². The molecule has 0 saturated heterocycles. The molecule has 4 rings (SSSR count). The summed E-state index contributed by atoms with van der Waals surface area (Å²) >= 11 is 0. The first-order chi connectivity index (χ1) is 28.7. The van der Waals surface area contributed by atoms with Crippen molar-refractivity contribution < 1.29 is 49.5 Å². The van der Waals surface area contributed by atoms with Crippen LogP contribution in [0.15, 0.2) is 91.1 Å². The molecule has 17 nitrogen and oxygen atoms in total. The summed E-state index contributed by atoms with van der Waals surface area (Å²) in [5.74, 6) is -4.29. The number of H-pyrrole nitrogens is 1. The molecule has 1 heterocycles. The molecule has 0 bridgehead atoms. The molecule has 1 unspecified atom stereocenters. The number of rotatable bonds is 24. The Morgan fingerprint density at radius 2 is 1.20 bits per heavy atom. The van der Waals surface area contributed by atoms with Gasteiger partial charge in [0.1, 0.15) is 42.5 Å². The van der Waals surface area contributed by atoms with Gasteiger partial charge in [-0.2, -0.15) is 0 Å². The number of hydrogen-bond acceptors (Lipinski definition) is 12. The largest absolute Gasteiger partial charge is 0.394 e. The monoisotopic (exact) mass is 831 g/mol. The molecule has 1 aromatic heterocycles. The second-order valence-electron chi connectivity index (χ2n) is 14.8. The van der Waals surface area contributed by atoms with Gasteiger partial charge in [-0.1, -0.05) is 78.9 Å². The first-order valence-electron chi connectivity index (χ1n) is 19.9. The minimum Gasteiger partial charge on any atom is -0.394 e. The van der Waals surface area contributed by atoms with Gasteiger partial charge in [-0.25, -0.2) is 0 Å². The van der Waals surface area contributed by atoms with Crippen LogP contribution in [0.2, 0.25) is 0 Å². The van der Waals surface area contributed by atoms with E-state index in [9.17, 15) is 49.5 Å². The zero-order chi connectivity index (χ0) is 43.8. The van der Waals surface area contributed by atoms with Crippen LogP contribution in [0.3, 0.4) is 0 Å². The smallest absolute Gasteiger partial charge is 0.243 e. The first-order valence-corrected chi connectivity index (χ1v) is 19.9. The SMILES string of the molecule is C[C@@H](O)[C@H](NC(=O)[C@H](CCCCN)NC(=O)[C@@H](Cc1c[nH]c2ccccc12)NC(=O)[C@H](Cc1ccccc1)NC(=O)[C@H](N)Cc1ccccc1)C(=O)C(O)[C@H](O)[C@@H](O)CO. The number of nitrogens with one attached hydrogen (secondary N) is 5. The van der Waals surface area contributed by atoms with Gasteiger partial charge in [-0.3, -0.25) is 24.0 Å². The normalized spacial score (nSPS) is 15.9. The quantitative estimate of drug-likeness (QED) is 0.0364. The minimum atomic E-state index is -2.30. The summed E-state index contributed by atoms with van der Waals surface area (Å²) in [4.78, 5) is 72.3. The molecule has 0 fully saturated rings. The van der Waals surface area contributed by atoms with Crippen molar-refractivity contribution in [1.82, 2.24) is 26.3 Å². The van der Waals surface area contributed by atoms with E-state index in [1.807, 2.05) is 54.6 Å². The Hall–Kier alpha value is -5.53. The molecular weight excluding hydrogens is 775 g/mol. The highest BCUT2D eigenvalue weighted by Gasteiger charge is 2.39. The minimum absolute atomic E-state index is 0.00361. The second-order valence-corrected chi connectivity index (χ2v) is 14.8. The molecule has 60 heavy (non-hydrogen) atoms. The van der Waals surface area contributed by atoms with Crippen LogP contribution in [-0.4, -0.2) is 128 Å². The lowest BCUT2D eigenvalue weighted by molar-refractivity contribution is -0.147. The predicted octanol–water partition coefficient (Wildman–Crippen LogP) is -1.38. The number of aromatic nitrogens is 1. The summed E-state index contributed by atoms with van der Waals surface area (Å²) in [6.07, 6.45) is -5.27. The molecule has 0 aliphatic rings. The van der Waals surface area contributed by atoms with Gasteiger partial charge < -0.3 is 63.3 Å². The number of fused-ring (bicyclic) bond motifs is 1. The van der Waals surface area contributed by atoms with Gasteiger partial charge in [0.05, 0.1) is 18.8 Å². The van der Waals surface area contributed by atoms with E-state index in [1.165, 1.54) is 0 Å². The summed E-state index contributed by atoms with van der Waals surface area (Å²) in [5, 5.41) is 61.3. The van der Waals surface area contributed by atoms with Crippen molar-refractivity contribution in [1.29, 1.82) is 0 Å². The zero-order valence-corrected chi connectivity index (χ0v) is 33.4. The third-order valence-electron chi connectivity index (χ3n) is 10.1. The zero-order valence-electron chi connectivity index (χ0n) is 33.4. The molecule has 4 aromatic rings. The number of nitrogens with two attached hydrogens (primary N) is 2. The third kappa shape index (κ3) is 13.5. The summed E-state index contributed by atoms with van der Waals surface area (Å²) in [7, 11) is 0. The van der Waals surface area contributed by atoms with Crippen LogP contribution < -0.4 is 32.7 Å². The number of carbonyl (C=O) groups is 5. The fourth-order valence-corrected chi connectivity index (χ4v) is 6.69. The van der Waals surface area contributed by atoms with E-state index in [2.05, 4.69) is 26.3 Å². The molecule has 0 spiro atoms. The molecule has 17 heteroatoms. The molecule has 9 atom stereocenters. The van der Waals surface area contributed by atoms with Gasteiger partial charge in [0, 0.05) is 29.9 Å². The Bertz CT molecular complexity index is 2000. The number of aromatic amines is 1. The highest BCUT2D eigenvalue weighted by Crippen LogP contribution is 2.20. The molecule has 324 valence electrons. The summed E-state index contributed by atoms with van der Waals surface area (Å²) < 4.78 is 0. The highest BCUT2D eigenvalue weighted by atomic mass is 16.4. The van der Waals surface area contributed by atoms with E-state index in [0.717, 1.165) is 29.0 Å². The Labute approximate surface area is 347 Å². The van der Waals surface area contributed by atoms with Crippen molar-refractivity contribution in [2.45, 2.75) is 100 Å². The maximum atomic E-state index is 14.4. The topological polar surface area (TPSA) is 302 Å². The van der Waals surface area contributed by atoms with Crippen LogP contribution in [-0.2, 0) is 43.2 Å². The molecule has 14 N–H and O–H groups in total. The summed E-state index contributed by atoms with van der Waals surface area (Å²) in [6.45, 7) is 0.430. The number of amides is 4. The standard InChI is InChI=1S/C43H57N7O10/c1-25(52)36(38(55)39(56)37(54)35(53)24-51)50-41(58)32(18-10-11-19-44)47-43(60)34(22-28-23-46-31-17-9-8-16-29(28)31)49-42(59)33(21-27-14-6-3-7-15-27)48-40(57)30(45)20-26-12-4-2-5-13-26/h2-9,12-17,23,25,30,32-37,39,46,51-54,56H,10-11,18-22,24,44-45H2,1H3,(H,47,60)(H,48,57)(H,49,59)(H,50,58)/t25-,30-,32+,33+,34-,35+,36+,37-,39?/m1/s1. The Morgan fingerprint density at radius 1 is 0.667 bits per heavy atom. The number of para-hydroxylation sites is 1. The molecule has 3 aromatic carbocycles. The molecule has 0 aliphatic heterocycles. The predicted molar refractivity (Wildman–Crippen MR) is 223 cm³/mol. The molecule has 4 amide bonds. The van der Waals surface area contributed by atoms with Crippen molar-refractivity contribution in [3.8, 4) is 0 Å². The van der Waals surface area contributed by atoms with Gasteiger partial charge in [0.15, 0.2) is 5.78 Å². The number of ketones is 1. The van der Waals surface area contributed by atoms with E-state index in [-0.39, 0.29) is 32.2 Å². The van der Waals surface area contributed by atoms with Crippen LogP contribution in [0.5, 0.6) is 0 Å². The van der Waals surface area contributed by atoms with Gasteiger partial charge in [-0.05, 0) is 61.9 Å². The second kappa shape index (κ2) is 23.3. The molecular formula is C43H57N7O10. The lowest BCUT2D eigenvalue weighted by Gasteiger charge is -2.29. The number of Topliss-reactive ketones (excluding diaryl/α,β-unsaturated/α-hetero) is 1. The maximum Gasteiger partial charge on any atom is 0.243 e. The van der Waals surface area contributed by atoms with E-state index in [4.69, 9.17) is 11.5 Å². The van der Waals surface area contributed by atoms with E-state index in [1.54, 1.807) is 36.5 Å². The van der Waals surface area contributed by atoms with Gasteiger partial charge in [0.2, 0.25) is 23.6 Å². The number of hydrogen-bond donors (Lipinski definition) is 12. The summed E-state index contributed by atoms with van der Waals surface area (Å²) in [6, 6.07) is 18.7. The van der Waals surface area contributed by atoms with Crippen molar-refractivity contribution in [2.24, 2.45) is 11.5 Å². The number of unbranched alkanes of at least 4 members (excludes halogenated alkanes) is 1. The van der Waals surface area contributed by atoms with E-state index < -0.39 is 90.6 Å². The van der Waals surface area contributed by atoms with Gasteiger partial charge in [-0.15, -0.1) is 0 Å². The maximum absolute atomic E-state index is 14.4. The fourth-order valence-electron chi connectivity index (χ4n) is 6.69. The first kappa shape index (κ1) is 47.2. The van der Waals surface area contributed by atoms with Crippen LogP contribution in [0.4, 0.5) is 0 Å². The molecule has 0 aliphatic carbocycles. The highest BCUT2D eigenvalue weighted by molar-refractivity contribution is 5.97. The Kier molecular flexibility index (Phi) is 18.3. The van der Waals surface area contributed by atoms with Gasteiger partial charge in [0.25, 0.3) is 0 Å². The van der Waals surface area contributed by atoms with Crippen molar-refractivity contribution in [3.63, 3.8) is 0 Å². The number of benzene rings is 3. The molecule has 0 saturated carbocycles. The lowest BCUT2D eigenvalue weighted by atomic mass is 9.96. The van der Waals surface area contributed by atoms with Crippen LogP contribution in [0.1, 0.15) is 42.9 Å². The van der Waals surface area contributed by atoms with Crippen LogP contribution >= 0.6 is 0 Å². The Morgan fingerprint density at radius 3 is 1.80 bits per heavy atom. The average molecular weight is 832 g/mol. The third-order valence-corrected chi connectivity index (χ3v) is 10.1. The molecule has 0 radical (unpaired) electrons. The number of aliphatic hydroxyl groups excluding tert-OH is 5. The van der Waals surface area contributed by atoms with Crippen molar-refractivity contribution >= 4 is 40.3 Å². The summed E-state index contributed by atoms with van der Waals surface area (Å²) in [5.41, 5.74) is 15.0. The lowest BCUT2D eigenvalue weighted by Crippen LogP contribution is -2.61. The van der Waals surface area contributed by atoms with Crippen LogP contribution in [0, 0.1) is 0 Å². The van der Waals surface area contributed by atoms with Gasteiger partial charge >= 0.3 is 0 Å². The fraction of sp³-hybridized carbons (Fsp3) is 0.419. The van der Waals surface area contributed by atoms with Crippen molar-refractivity contribution in [2.75, 3.05) is 13.2 Å². The average Bonchev–Trinajstić information content (AvgIpc) is 3.66. The number of aliphatic hydroxyl groups is 5. The van der Waals surface area contributed by atoms with E-state index >= 15 is 0 Å². The Balaban J connectivity index is 1.63.